The van der Waals surface area contributed by atoms with E-state index in [-0.39, 0.29) is 23.6 Å². The molecule has 0 aliphatic heterocycles. The molecule has 0 radical (unpaired) electrons. The van der Waals surface area contributed by atoms with E-state index in [2.05, 4.69) is 15.3 Å². The number of hydrogen-bond acceptors (Lipinski definition) is 8. The number of nitrogens with two attached hydrogens (primary N) is 1. The Morgan fingerprint density at radius 3 is 2.15 bits per heavy atom. The van der Waals surface area contributed by atoms with Crippen LogP contribution in [-0.4, -0.2) is 52.1 Å². The molecule has 242 valence electrons. The van der Waals surface area contributed by atoms with E-state index in [0.717, 1.165) is 5.56 Å². The third-order valence-electron chi connectivity index (χ3n) is 6.55. The van der Waals surface area contributed by atoms with Gasteiger partial charge in [0.15, 0.2) is 0 Å². The van der Waals surface area contributed by atoms with Gasteiger partial charge in [-0.05, 0) is 49.6 Å². The molecule has 0 aliphatic rings. The zero-order valence-corrected chi connectivity index (χ0v) is 25.5. The van der Waals surface area contributed by atoms with E-state index in [1.807, 2.05) is 6.07 Å². The van der Waals surface area contributed by atoms with Gasteiger partial charge in [-0.15, -0.1) is 0 Å². The minimum atomic E-state index is -4.78. The molecule has 0 unspecified atom stereocenters. The zero-order chi connectivity index (χ0) is 33.6. The smallest absolute Gasteiger partial charge is 0.429 e. The van der Waals surface area contributed by atoms with E-state index < -0.39 is 41.9 Å². The predicted octanol–water partition coefficient (Wildman–Crippen LogP) is 6.60. The second kappa shape index (κ2) is 13.8. The van der Waals surface area contributed by atoms with Crippen molar-refractivity contribution in [3.63, 3.8) is 0 Å². The lowest BCUT2D eigenvalue weighted by atomic mass is 10.0. The van der Waals surface area contributed by atoms with Gasteiger partial charge in [0.1, 0.15) is 17.4 Å². The number of rotatable bonds is 10. The first-order valence-corrected chi connectivity index (χ1v) is 14.1. The van der Waals surface area contributed by atoms with Crippen molar-refractivity contribution in [2.75, 3.05) is 12.8 Å². The number of hydrogen-bond donors (Lipinski definition) is 3. The zero-order valence-electron chi connectivity index (χ0n) is 25.5. The van der Waals surface area contributed by atoms with Crippen LogP contribution in [0.3, 0.4) is 0 Å². The molecule has 3 aromatic carbocycles. The fourth-order valence-electron chi connectivity index (χ4n) is 4.45. The summed E-state index contributed by atoms with van der Waals surface area (Å²) in [6, 6.07) is 19.3. The van der Waals surface area contributed by atoms with Crippen LogP contribution in [0.1, 0.15) is 38.0 Å². The molecule has 0 saturated carbocycles. The first kappa shape index (κ1) is 33.6. The van der Waals surface area contributed by atoms with Gasteiger partial charge >= 0.3 is 18.2 Å². The number of amides is 1. The molecule has 2 atom stereocenters. The molecule has 4 aromatic rings. The number of nitrogen functional groups attached to an aromatic ring is 1. The third-order valence-corrected chi connectivity index (χ3v) is 6.55. The molecule has 1 amide bonds. The lowest BCUT2D eigenvalue weighted by Crippen LogP contribution is -2.44. The van der Waals surface area contributed by atoms with E-state index in [1.54, 1.807) is 75.4 Å². The number of carboxylic acid groups (broad SMARTS) is 1. The number of halogens is 3. The molecule has 0 saturated heterocycles. The number of ether oxygens (including phenoxy) is 3. The van der Waals surface area contributed by atoms with Crippen molar-refractivity contribution in [3.8, 4) is 34.0 Å². The van der Waals surface area contributed by atoms with Crippen LogP contribution < -0.4 is 20.5 Å². The summed E-state index contributed by atoms with van der Waals surface area (Å²) < 4.78 is 58.4. The number of nitrogens with one attached hydrogen (secondary N) is 1. The number of benzene rings is 3. The summed E-state index contributed by atoms with van der Waals surface area (Å²) in [4.78, 5) is 31.8. The van der Waals surface area contributed by atoms with Crippen LogP contribution in [0, 0.1) is 0 Å². The normalized spacial score (nSPS) is 12.9. The molecule has 13 heteroatoms. The number of nitrogens with zero attached hydrogens (tertiary/aromatic N) is 2. The van der Waals surface area contributed by atoms with Crippen molar-refractivity contribution in [2.24, 2.45) is 0 Å². The van der Waals surface area contributed by atoms with Crippen LogP contribution in [-0.2, 0) is 16.0 Å². The number of carbonyl (C=O) groups excluding carboxylic acids is 1. The first-order chi connectivity index (χ1) is 21.6. The highest BCUT2D eigenvalue weighted by molar-refractivity contribution is 5.80. The van der Waals surface area contributed by atoms with Crippen molar-refractivity contribution in [1.82, 2.24) is 15.3 Å². The lowest BCUT2D eigenvalue weighted by molar-refractivity contribution is -0.198. The maximum atomic E-state index is 14.2. The van der Waals surface area contributed by atoms with E-state index >= 15 is 0 Å². The molecule has 4 N–H and O–H groups in total. The predicted molar refractivity (Wildman–Crippen MR) is 164 cm³/mol. The summed E-state index contributed by atoms with van der Waals surface area (Å²) >= 11 is 0. The van der Waals surface area contributed by atoms with Crippen LogP contribution in [0.4, 0.5) is 23.9 Å². The molecule has 1 heterocycles. The van der Waals surface area contributed by atoms with Gasteiger partial charge in [-0.3, -0.25) is 0 Å². The number of anilines is 1. The third kappa shape index (κ3) is 9.10. The number of aromatic nitrogens is 2. The van der Waals surface area contributed by atoms with Gasteiger partial charge in [0, 0.05) is 23.6 Å². The summed E-state index contributed by atoms with van der Waals surface area (Å²) in [7, 11) is 1.53. The lowest BCUT2D eigenvalue weighted by Gasteiger charge is -2.22. The van der Waals surface area contributed by atoms with Gasteiger partial charge in [-0.2, -0.15) is 18.2 Å². The highest BCUT2D eigenvalue weighted by Crippen LogP contribution is 2.38. The minimum Gasteiger partial charge on any atom is -0.497 e. The fraction of sp³-hybridized carbons (Fsp3) is 0.273. The van der Waals surface area contributed by atoms with Crippen LogP contribution >= 0.6 is 0 Å². The number of carbonyl (C=O) groups is 2. The summed E-state index contributed by atoms with van der Waals surface area (Å²) in [5, 5.41) is 11.9. The maximum absolute atomic E-state index is 14.2. The van der Waals surface area contributed by atoms with Gasteiger partial charge in [-0.25, -0.2) is 14.6 Å². The fourth-order valence-corrected chi connectivity index (χ4v) is 4.45. The van der Waals surface area contributed by atoms with Crippen molar-refractivity contribution >= 4 is 18.0 Å². The molecule has 10 nitrogen and oxygen atoms in total. The van der Waals surface area contributed by atoms with E-state index in [1.165, 1.54) is 25.3 Å². The van der Waals surface area contributed by atoms with Gasteiger partial charge in [0.25, 0.3) is 0 Å². The summed E-state index contributed by atoms with van der Waals surface area (Å²) in [6.45, 7) is 4.96. The molecular weight excluding hydrogens is 605 g/mol. The largest absolute Gasteiger partial charge is 0.497 e. The Morgan fingerprint density at radius 2 is 1.57 bits per heavy atom. The number of carboxylic acids is 1. The molecule has 0 bridgehead atoms. The maximum Gasteiger partial charge on any atom is 0.429 e. The Bertz CT molecular complexity index is 1670. The molecule has 1 aromatic heterocycles. The highest BCUT2D eigenvalue weighted by Gasteiger charge is 2.43. The Kier molecular flexibility index (Phi) is 10.0. The second-order valence-corrected chi connectivity index (χ2v) is 11.3. The molecular formula is C33H33F3N4O6. The Morgan fingerprint density at radius 1 is 0.913 bits per heavy atom. The average Bonchev–Trinajstić information content (AvgIpc) is 2.98. The first-order valence-electron chi connectivity index (χ1n) is 14.1. The monoisotopic (exact) mass is 638 g/mol. The summed E-state index contributed by atoms with van der Waals surface area (Å²) in [5.74, 6) is -1.34. The number of alkyl carbamates (subject to hydrolysis) is 1. The van der Waals surface area contributed by atoms with Crippen molar-refractivity contribution in [1.29, 1.82) is 0 Å². The topological polar surface area (TPSA) is 146 Å². The number of methoxy groups -OCH3 is 1. The molecule has 46 heavy (non-hydrogen) atoms. The van der Waals surface area contributed by atoms with Crippen LogP contribution in [0.2, 0.25) is 0 Å². The van der Waals surface area contributed by atoms with Gasteiger partial charge in [-0.1, -0.05) is 60.7 Å². The average molecular weight is 639 g/mol. The van der Waals surface area contributed by atoms with E-state index in [9.17, 15) is 27.9 Å². The SMILES string of the molecule is COc1cccc(-c2ccc([C@@H](Oc3cc(-c4ccc(C[C@H](NC(=O)OC(C)(C)C)C(=O)O)cc4)nc(N)n3)C(F)(F)F)cc2)c1. The molecule has 0 spiro atoms. The Balaban J connectivity index is 1.52. The summed E-state index contributed by atoms with van der Waals surface area (Å²) in [6.07, 6.45) is -8.06. The van der Waals surface area contributed by atoms with Gasteiger partial charge in [0.2, 0.25) is 17.9 Å². The Hall–Kier alpha value is -5.33. The summed E-state index contributed by atoms with van der Waals surface area (Å²) in [5.41, 5.74) is 7.55. The second-order valence-electron chi connectivity index (χ2n) is 11.3. The molecule has 0 aliphatic carbocycles. The molecule has 4 rings (SSSR count). The highest BCUT2D eigenvalue weighted by atomic mass is 19.4. The van der Waals surface area contributed by atoms with Crippen molar-refractivity contribution < 1.29 is 42.1 Å². The van der Waals surface area contributed by atoms with Crippen LogP contribution in [0.15, 0.2) is 78.9 Å². The van der Waals surface area contributed by atoms with Gasteiger partial charge < -0.3 is 30.4 Å². The number of aliphatic carboxylic acids is 1. The van der Waals surface area contributed by atoms with E-state index in [0.29, 0.717) is 22.4 Å². The van der Waals surface area contributed by atoms with Crippen molar-refractivity contribution in [3.05, 3.63) is 90.0 Å². The number of alkyl halides is 3. The van der Waals surface area contributed by atoms with E-state index in [4.69, 9.17) is 19.9 Å². The van der Waals surface area contributed by atoms with Crippen molar-refractivity contribution in [2.45, 2.75) is 51.1 Å². The minimum absolute atomic E-state index is 0.0565. The standard InChI is InChI=1S/C33H33F3N4O6/c1-32(2,3)46-31(43)39-26(29(41)42)16-19-8-10-21(11-9-19)25-18-27(40-30(37)38-25)45-28(33(34,35)36)22-14-12-20(13-15-22)23-6-5-7-24(17-23)44-4/h5-15,17-18,26,28H,16H2,1-4H3,(H,39,43)(H,41,42)(H2,37,38,40)/t26-,28+/m0/s1. The quantitative estimate of drug-likeness (QED) is 0.175. The van der Waals surface area contributed by atoms with Gasteiger partial charge in [0.05, 0.1) is 12.8 Å². The van der Waals surface area contributed by atoms with Crippen LogP contribution in [0.5, 0.6) is 11.6 Å². The molecule has 0 fully saturated rings. The Labute approximate surface area is 263 Å². The van der Waals surface area contributed by atoms with Crippen LogP contribution in [0.25, 0.3) is 22.4 Å².